The summed E-state index contributed by atoms with van der Waals surface area (Å²) in [5.74, 6) is 1.02. The standard InChI is InChI=1S/C15H23NO/c1-17-15-10-6-5-9-14(15)13-16-11-7-3-2-4-8-12-16/h5-6,9-10H,2-4,7-8,11-13H2,1H3. The van der Waals surface area contributed by atoms with E-state index in [1.165, 1.54) is 50.8 Å². The molecule has 94 valence electrons. The van der Waals surface area contributed by atoms with Crippen molar-refractivity contribution in [2.75, 3.05) is 20.2 Å². The van der Waals surface area contributed by atoms with Crippen LogP contribution in [0.3, 0.4) is 0 Å². The minimum atomic E-state index is 1.02. The van der Waals surface area contributed by atoms with Crippen LogP contribution in [0.25, 0.3) is 0 Å². The number of benzene rings is 1. The first-order chi connectivity index (χ1) is 8.40. The Hall–Kier alpha value is -1.02. The lowest BCUT2D eigenvalue weighted by Gasteiger charge is -2.25. The maximum atomic E-state index is 5.42. The van der Waals surface area contributed by atoms with E-state index >= 15 is 0 Å². The van der Waals surface area contributed by atoms with Crippen LogP contribution in [0.15, 0.2) is 24.3 Å². The van der Waals surface area contributed by atoms with E-state index in [1.807, 2.05) is 6.07 Å². The minimum Gasteiger partial charge on any atom is -0.496 e. The molecule has 1 saturated heterocycles. The Bertz CT molecular complexity index is 329. The van der Waals surface area contributed by atoms with Gasteiger partial charge < -0.3 is 4.74 Å². The summed E-state index contributed by atoms with van der Waals surface area (Å²) in [6.07, 6.45) is 6.89. The number of methoxy groups -OCH3 is 1. The zero-order valence-electron chi connectivity index (χ0n) is 10.8. The SMILES string of the molecule is COc1ccccc1CN1CCCCCCC1. The van der Waals surface area contributed by atoms with Crippen molar-refractivity contribution >= 4 is 0 Å². The molecule has 1 heterocycles. The molecule has 0 atom stereocenters. The molecule has 1 fully saturated rings. The number of likely N-dealkylation sites (tertiary alicyclic amines) is 1. The Balaban J connectivity index is 1.97. The maximum Gasteiger partial charge on any atom is 0.123 e. The highest BCUT2D eigenvalue weighted by Gasteiger charge is 2.10. The molecule has 1 aromatic carbocycles. The summed E-state index contributed by atoms with van der Waals surface area (Å²) >= 11 is 0. The average Bonchev–Trinajstić information content (AvgIpc) is 2.33. The number of hydrogen-bond acceptors (Lipinski definition) is 2. The van der Waals surface area contributed by atoms with E-state index in [1.54, 1.807) is 7.11 Å². The normalized spacial score (nSPS) is 18.4. The topological polar surface area (TPSA) is 12.5 Å². The van der Waals surface area contributed by atoms with E-state index in [4.69, 9.17) is 4.74 Å². The monoisotopic (exact) mass is 233 g/mol. The second kappa shape index (κ2) is 6.65. The first-order valence-electron chi connectivity index (χ1n) is 6.74. The Morgan fingerprint density at radius 1 is 1.00 bits per heavy atom. The summed E-state index contributed by atoms with van der Waals surface area (Å²) in [5.41, 5.74) is 1.32. The van der Waals surface area contributed by atoms with Crippen LogP contribution in [0.2, 0.25) is 0 Å². The molecule has 0 saturated carbocycles. The summed E-state index contributed by atoms with van der Waals surface area (Å²) in [6.45, 7) is 3.50. The predicted molar refractivity (Wildman–Crippen MR) is 71.4 cm³/mol. The predicted octanol–water partition coefficient (Wildman–Crippen LogP) is 3.46. The fourth-order valence-corrected chi connectivity index (χ4v) is 2.55. The van der Waals surface area contributed by atoms with Crippen LogP contribution in [0.5, 0.6) is 5.75 Å². The Kier molecular flexibility index (Phi) is 4.87. The van der Waals surface area contributed by atoms with Crippen molar-refractivity contribution in [3.05, 3.63) is 29.8 Å². The second-order valence-corrected chi connectivity index (χ2v) is 4.86. The summed E-state index contributed by atoms with van der Waals surface area (Å²) in [7, 11) is 1.76. The summed E-state index contributed by atoms with van der Waals surface area (Å²) < 4.78 is 5.42. The number of rotatable bonds is 3. The van der Waals surface area contributed by atoms with Gasteiger partial charge >= 0.3 is 0 Å². The van der Waals surface area contributed by atoms with Crippen molar-refractivity contribution in [3.8, 4) is 5.75 Å². The van der Waals surface area contributed by atoms with Gasteiger partial charge in [-0.3, -0.25) is 4.90 Å². The summed E-state index contributed by atoms with van der Waals surface area (Å²) in [4.78, 5) is 2.57. The highest BCUT2D eigenvalue weighted by molar-refractivity contribution is 5.33. The lowest BCUT2D eigenvalue weighted by Crippen LogP contribution is -2.27. The summed E-state index contributed by atoms with van der Waals surface area (Å²) in [6, 6.07) is 8.37. The highest BCUT2D eigenvalue weighted by atomic mass is 16.5. The Morgan fingerprint density at radius 2 is 1.65 bits per heavy atom. The van der Waals surface area contributed by atoms with Crippen molar-refractivity contribution in [1.29, 1.82) is 0 Å². The zero-order chi connectivity index (χ0) is 11.9. The van der Waals surface area contributed by atoms with Gasteiger partial charge in [0.05, 0.1) is 7.11 Å². The third-order valence-corrected chi connectivity index (χ3v) is 3.54. The van der Waals surface area contributed by atoms with Crippen molar-refractivity contribution in [3.63, 3.8) is 0 Å². The number of nitrogens with zero attached hydrogens (tertiary/aromatic N) is 1. The van der Waals surface area contributed by atoms with Gasteiger partial charge in [0.1, 0.15) is 5.75 Å². The van der Waals surface area contributed by atoms with Gasteiger partial charge in [0, 0.05) is 12.1 Å². The van der Waals surface area contributed by atoms with E-state index in [9.17, 15) is 0 Å². The molecule has 1 aromatic rings. The second-order valence-electron chi connectivity index (χ2n) is 4.86. The molecule has 1 aliphatic heterocycles. The van der Waals surface area contributed by atoms with Gasteiger partial charge in [0.15, 0.2) is 0 Å². The quantitative estimate of drug-likeness (QED) is 0.792. The van der Waals surface area contributed by atoms with E-state index in [0.29, 0.717) is 0 Å². The van der Waals surface area contributed by atoms with Crippen LogP contribution >= 0.6 is 0 Å². The molecule has 17 heavy (non-hydrogen) atoms. The van der Waals surface area contributed by atoms with Crippen molar-refractivity contribution in [1.82, 2.24) is 4.90 Å². The Morgan fingerprint density at radius 3 is 2.35 bits per heavy atom. The molecule has 0 aliphatic carbocycles. The van der Waals surface area contributed by atoms with Gasteiger partial charge in [0.2, 0.25) is 0 Å². The zero-order valence-corrected chi connectivity index (χ0v) is 10.8. The molecule has 2 rings (SSSR count). The lowest BCUT2D eigenvalue weighted by atomic mass is 10.1. The van der Waals surface area contributed by atoms with Crippen LogP contribution in [0, 0.1) is 0 Å². The van der Waals surface area contributed by atoms with Gasteiger partial charge in [-0.1, -0.05) is 37.5 Å². The molecule has 0 unspecified atom stereocenters. The molecule has 2 nitrogen and oxygen atoms in total. The number of hydrogen-bond donors (Lipinski definition) is 0. The maximum absolute atomic E-state index is 5.42. The van der Waals surface area contributed by atoms with Crippen LogP contribution in [0.4, 0.5) is 0 Å². The third-order valence-electron chi connectivity index (χ3n) is 3.54. The summed E-state index contributed by atoms with van der Waals surface area (Å²) in [5, 5.41) is 0. The number of ether oxygens (including phenoxy) is 1. The van der Waals surface area contributed by atoms with Crippen molar-refractivity contribution in [2.45, 2.75) is 38.6 Å². The van der Waals surface area contributed by atoms with Crippen LogP contribution in [-0.4, -0.2) is 25.1 Å². The van der Waals surface area contributed by atoms with Crippen molar-refractivity contribution < 1.29 is 4.74 Å². The van der Waals surface area contributed by atoms with Crippen molar-refractivity contribution in [2.24, 2.45) is 0 Å². The smallest absolute Gasteiger partial charge is 0.123 e. The Labute approximate surface area is 105 Å². The van der Waals surface area contributed by atoms with E-state index in [0.717, 1.165) is 12.3 Å². The molecular formula is C15H23NO. The molecule has 0 N–H and O–H groups in total. The van der Waals surface area contributed by atoms with Gasteiger partial charge in [-0.2, -0.15) is 0 Å². The molecule has 1 aliphatic rings. The first kappa shape index (κ1) is 12.4. The van der Waals surface area contributed by atoms with Crippen LogP contribution in [0.1, 0.15) is 37.7 Å². The highest BCUT2D eigenvalue weighted by Crippen LogP contribution is 2.20. The molecule has 0 aromatic heterocycles. The number of para-hydroxylation sites is 1. The molecule has 2 heteroatoms. The minimum absolute atomic E-state index is 1.02. The molecule has 0 amide bonds. The van der Waals surface area contributed by atoms with E-state index < -0.39 is 0 Å². The van der Waals surface area contributed by atoms with Gasteiger partial charge in [-0.25, -0.2) is 0 Å². The molecule has 0 spiro atoms. The van der Waals surface area contributed by atoms with Gasteiger partial charge in [-0.05, 0) is 32.0 Å². The van der Waals surface area contributed by atoms with E-state index in [-0.39, 0.29) is 0 Å². The fraction of sp³-hybridized carbons (Fsp3) is 0.600. The van der Waals surface area contributed by atoms with Gasteiger partial charge in [-0.15, -0.1) is 0 Å². The van der Waals surface area contributed by atoms with E-state index in [2.05, 4.69) is 23.1 Å². The molecule has 0 bridgehead atoms. The first-order valence-corrected chi connectivity index (χ1v) is 6.74. The van der Waals surface area contributed by atoms with Crippen LogP contribution in [-0.2, 0) is 6.54 Å². The average molecular weight is 233 g/mol. The molecule has 0 radical (unpaired) electrons. The van der Waals surface area contributed by atoms with Gasteiger partial charge in [0.25, 0.3) is 0 Å². The third kappa shape index (κ3) is 3.74. The van der Waals surface area contributed by atoms with Crippen LogP contribution < -0.4 is 4.74 Å². The largest absolute Gasteiger partial charge is 0.496 e. The molecular weight excluding hydrogens is 210 g/mol. The fourth-order valence-electron chi connectivity index (χ4n) is 2.55. The lowest BCUT2D eigenvalue weighted by molar-refractivity contribution is 0.236.